The molecule has 0 bridgehead atoms. The summed E-state index contributed by atoms with van der Waals surface area (Å²) in [7, 11) is 0. The Morgan fingerprint density at radius 2 is 0.818 bits per heavy atom. The number of nitrogens with one attached hydrogen (secondary N) is 1. The molecular weight excluding hydrogens is 815 g/mol. The predicted octanol–water partition coefficient (Wildman–Crippen LogP) is 17.3. The Labute approximate surface area is 409 Å². The zero-order valence-corrected chi connectivity index (χ0v) is 43.6. The molecule has 382 valence electrons. The van der Waals surface area contributed by atoms with Crippen molar-refractivity contribution in [2.24, 2.45) is 0 Å². The highest BCUT2D eigenvalue weighted by Crippen LogP contribution is 2.18. The lowest BCUT2D eigenvalue weighted by Gasteiger charge is -2.24. The van der Waals surface area contributed by atoms with Gasteiger partial charge >= 0.3 is 5.97 Å². The van der Waals surface area contributed by atoms with Gasteiger partial charge in [0.25, 0.3) is 0 Å². The van der Waals surface area contributed by atoms with Gasteiger partial charge in [0.1, 0.15) is 6.10 Å². The molecule has 3 N–H and O–H groups in total. The highest BCUT2D eigenvalue weighted by Gasteiger charge is 2.24. The molecule has 0 spiro atoms. The summed E-state index contributed by atoms with van der Waals surface area (Å²) in [4.78, 5) is 26.2. The number of ether oxygens (including phenoxy) is 1. The van der Waals surface area contributed by atoms with E-state index in [1.807, 2.05) is 24.3 Å². The van der Waals surface area contributed by atoms with Crippen LogP contribution in [-0.4, -0.2) is 46.9 Å². The van der Waals surface area contributed by atoms with E-state index in [9.17, 15) is 19.8 Å². The number of rotatable bonds is 50. The van der Waals surface area contributed by atoms with Gasteiger partial charge in [-0.25, -0.2) is 0 Å². The number of carbonyl (C=O) groups excluding carboxylic acids is 2. The highest BCUT2D eigenvalue weighted by atomic mass is 16.5. The number of hydrogen-bond donors (Lipinski definition) is 3. The van der Waals surface area contributed by atoms with Crippen LogP contribution in [0.15, 0.2) is 72.9 Å². The third kappa shape index (κ3) is 47.8. The van der Waals surface area contributed by atoms with Crippen LogP contribution in [0.1, 0.15) is 271 Å². The van der Waals surface area contributed by atoms with Gasteiger partial charge in [-0.05, 0) is 70.6 Å². The zero-order valence-electron chi connectivity index (χ0n) is 43.6. The average molecular weight is 923 g/mol. The number of unbranched alkanes of at least 4 members (excludes halogenated alkanes) is 30. The second kappa shape index (κ2) is 53.3. The number of amides is 1. The lowest BCUT2D eigenvalue weighted by atomic mass is 10.0. The molecule has 0 rings (SSSR count). The fourth-order valence-electron chi connectivity index (χ4n) is 8.37. The average Bonchev–Trinajstić information content (AvgIpc) is 3.31. The number of hydrogen-bond acceptors (Lipinski definition) is 5. The fraction of sp³-hybridized carbons (Fsp3) is 0.767. The number of aliphatic hydroxyl groups excluding tert-OH is 2. The molecule has 66 heavy (non-hydrogen) atoms. The van der Waals surface area contributed by atoms with Crippen molar-refractivity contribution in [1.29, 1.82) is 0 Å². The van der Waals surface area contributed by atoms with E-state index in [0.29, 0.717) is 19.3 Å². The van der Waals surface area contributed by atoms with E-state index in [2.05, 4.69) is 74.7 Å². The molecule has 0 aliphatic carbocycles. The van der Waals surface area contributed by atoms with Crippen LogP contribution in [-0.2, 0) is 14.3 Å². The van der Waals surface area contributed by atoms with Crippen LogP contribution in [0, 0.1) is 0 Å². The van der Waals surface area contributed by atoms with Gasteiger partial charge in [-0.3, -0.25) is 9.59 Å². The normalized spacial score (nSPS) is 13.7. The molecule has 0 saturated heterocycles. The molecule has 0 fully saturated rings. The van der Waals surface area contributed by atoms with Crippen LogP contribution in [0.25, 0.3) is 0 Å². The second-order valence-electron chi connectivity index (χ2n) is 19.1. The summed E-state index contributed by atoms with van der Waals surface area (Å²) in [5.74, 6) is -0.528. The summed E-state index contributed by atoms with van der Waals surface area (Å²) >= 11 is 0. The minimum absolute atomic E-state index is 0.0432. The molecule has 0 aromatic rings. The van der Waals surface area contributed by atoms with Crippen molar-refractivity contribution in [3.8, 4) is 0 Å². The lowest BCUT2D eigenvalue weighted by Crippen LogP contribution is -2.46. The van der Waals surface area contributed by atoms with E-state index in [1.54, 1.807) is 0 Å². The molecule has 3 unspecified atom stereocenters. The Bertz CT molecular complexity index is 1220. The summed E-state index contributed by atoms with van der Waals surface area (Å²) in [5, 5.41) is 23.8. The maximum absolute atomic E-state index is 13.2. The molecule has 6 heteroatoms. The molecule has 0 aliphatic rings. The molecule has 1 amide bonds. The van der Waals surface area contributed by atoms with Gasteiger partial charge in [-0.2, -0.15) is 0 Å². The van der Waals surface area contributed by atoms with E-state index in [-0.39, 0.29) is 24.9 Å². The summed E-state index contributed by atoms with van der Waals surface area (Å²) in [5.41, 5.74) is 0. The molecule has 0 aliphatic heterocycles. The molecule has 6 nitrogen and oxygen atoms in total. The summed E-state index contributed by atoms with van der Waals surface area (Å²) in [6.07, 6.45) is 68.2. The molecule has 0 aromatic heterocycles. The minimum Gasteiger partial charge on any atom is -0.462 e. The number of carbonyl (C=O) groups is 2. The lowest BCUT2D eigenvalue weighted by molar-refractivity contribution is -0.151. The molecule has 3 atom stereocenters. The number of allylic oxidation sites excluding steroid dienone is 12. The smallest absolute Gasteiger partial charge is 0.306 e. The topological polar surface area (TPSA) is 95.9 Å². The molecular formula is C60H107NO5. The zero-order chi connectivity index (χ0) is 48.1. The summed E-state index contributed by atoms with van der Waals surface area (Å²) < 4.78 is 5.93. The Kier molecular flexibility index (Phi) is 51.1. The van der Waals surface area contributed by atoms with Crippen molar-refractivity contribution in [2.75, 3.05) is 6.61 Å². The van der Waals surface area contributed by atoms with E-state index in [0.717, 1.165) is 89.9 Å². The largest absolute Gasteiger partial charge is 0.462 e. The van der Waals surface area contributed by atoms with E-state index < -0.39 is 18.2 Å². The number of esters is 1. The molecule has 0 radical (unpaired) electrons. The third-order valence-corrected chi connectivity index (χ3v) is 12.6. The quantitative estimate of drug-likeness (QED) is 0.0321. The van der Waals surface area contributed by atoms with E-state index in [4.69, 9.17) is 4.74 Å². The van der Waals surface area contributed by atoms with Gasteiger partial charge < -0.3 is 20.3 Å². The van der Waals surface area contributed by atoms with Gasteiger partial charge in [0.05, 0.1) is 25.2 Å². The van der Waals surface area contributed by atoms with Crippen LogP contribution in [0.2, 0.25) is 0 Å². The van der Waals surface area contributed by atoms with Crippen molar-refractivity contribution in [3.05, 3.63) is 72.9 Å². The standard InChI is InChI=1S/C60H107NO5/c1-4-7-10-13-16-19-22-25-27-29-30-32-35-38-41-44-47-50-53-60(65)66-56(51-48-45-42-39-36-33-24-21-18-15-12-9-6-3)54-59(64)61-57(55-62)58(63)52-49-46-43-40-37-34-31-28-26-23-20-17-14-11-8-5-2/h9,12,15,18,21,24,27,29-30,32-33,36,56-58,62-63H,4-8,10-11,13-14,16-17,19-20,22-23,25-26,28,31,34-35,37-55H2,1-3H3,(H,61,64)/b12-9+,18-15+,24-21+,29-27+,32-30+,36-33-. The van der Waals surface area contributed by atoms with Crippen molar-refractivity contribution in [3.63, 3.8) is 0 Å². The minimum atomic E-state index is -0.805. The van der Waals surface area contributed by atoms with Crippen LogP contribution in [0.3, 0.4) is 0 Å². The van der Waals surface area contributed by atoms with Crippen LogP contribution in [0.4, 0.5) is 0 Å². The fourth-order valence-corrected chi connectivity index (χ4v) is 8.37. The van der Waals surface area contributed by atoms with Gasteiger partial charge in [-0.15, -0.1) is 0 Å². The van der Waals surface area contributed by atoms with Crippen LogP contribution >= 0.6 is 0 Å². The number of aliphatic hydroxyl groups is 2. The molecule has 0 heterocycles. The SMILES string of the molecule is CC/C=C/C=C/C=C/C=C\CCCCCC(CC(=O)NC(CO)C(O)CCCCCCCCCCCCCCCCCC)OC(=O)CCCCCCC/C=C/C=C/CCCCCCCCC. The second-order valence-corrected chi connectivity index (χ2v) is 19.1. The third-order valence-electron chi connectivity index (χ3n) is 12.6. The first kappa shape index (κ1) is 63.3. The van der Waals surface area contributed by atoms with Crippen molar-refractivity contribution >= 4 is 11.9 Å². The first-order valence-corrected chi connectivity index (χ1v) is 28.2. The van der Waals surface area contributed by atoms with Gasteiger partial charge in [0.2, 0.25) is 5.91 Å². The monoisotopic (exact) mass is 922 g/mol. The maximum Gasteiger partial charge on any atom is 0.306 e. The van der Waals surface area contributed by atoms with Crippen molar-refractivity contribution in [1.82, 2.24) is 5.32 Å². The van der Waals surface area contributed by atoms with Crippen molar-refractivity contribution < 1.29 is 24.5 Å². The van der Waals surface area contributed by atoms with Gasteiger partial charge in [-0.1, -0.05) is 261 Å². The van der Waals surface area contributed by atoms with Crippen LogP contribution in [0.5, 0.6) is 0 Å². The highest BCUT2D eigenvalue weighted by molar-refractivity contribution is 5.77. The Morgan fingerprint density at radius 3 is 1.27 bits per heavy atom. The first-order chi connectivity index (χ1) is 32.5. The Morgan fingerprint density at radius 1 is 0.455 bits per heavy atom. The maximum atomic E-state index is 13.2. The summed E-state index contributed by atoms with van der Waals surface area (Å²) in [6, 6.07) is -0.721. The molecule has 0 aromatic carbocycles. The van der Waals surface area contributed by atoms with Crippen molar-refractivity contribution in [2.45, 2.75) is 289 Å². The van der Waals surface area contributed by atoms with Gasteiger partial charge in [0.15, 0.2) is 0 Å². The Hall–Kier alpha value is -2.70. The molecule has 0 saturated carbocycles. The van der Waals surface area contributed by atoms with E-state index in [1.165, 1.54) is 135 Å². The van der Waals surface area contributed by atoms with Gasteiger partial charge in [0, 0.05) is 6.42 Å². The Balaban J connectivity index is 4.59. The first-order valence-electron chi connectivity index (χ1n) is 28.2. The summed E-state index contributed by atoms with van der Waals surface area (Å²) in [6.45, 7) is 6.34. The predicted molar refractivity (Wildman–Crippen MR) is 287 cm³/mol. The van der Waals surface area contributed by atoms with Crippen LogP contribution < -0.4 is 5.32 Å². The van der Waals surface area contributed by atoms with E-state index >= 15 is 0 Å².